The van der Waals surface area contributed by atoms with Gasteiger partial charge < -0.3 is 20.9 Å². The van der Waals surface area contributed by atoms with Crippen LogP contribution in [0.1, 0.15) is 43.2 Å². The molecule has 1 aromatic heterocycles. The number of nitrogen functional groups attached to an aromatic ring is 1. The maximum Gasteiger partial charge on any atom is 0.407 e. The van der Waals surface area contributed by atoms with Crippen LogP contribution < -0.4 is 11.1 Å². The predicted octanol–water partition coefficient (Wildman–Crippen LogP) is 1.82. The second-order valence-electron chi connectivity index (χ2n) is 5.56. The molecule has 7 heteroatoms. The first-order valence-electron chi connectivity index (χ1n) is 6.64. The van der Waals surface area contributed by atoms with E-state index >= 15 is 0 Å². The number of hydrogen-bond acceptors (Lipinski definition) is 5. The lowest BCUT2D eigenvalue weighted by molar-refractivity contribution is 0.0526. The first-order valence-corrected chi connectivity index (χ1v) is 6.64. The molecule has 0 spiro atoms. The molecule has 0 aliphatic rings. The Kier molecular flexibility index (Phi) is 5.52. The number of carboxylic acids is 1. The van der Waals surface area contributed by atoms with Gasteiger partial charge in [-0.1, -0.05) is 0 Å². The van der Waals surface area contributed by atoms with E-state index in [9.17, 15) is 9.59 Å². The Bertz CT molecular complexity index is 523. The van der Waals surface area contributed by atoms with Crippen LogP contribution >= 0.6 is 0 Å². The number of rotatable bonds is 5. The number of hydrogen-bond donors (Lipinski definition) is 3. The lowest BCUT2D eigenvalue weighted by atomic mass is 10.1. The molecule has 1 rings (SSSR count). The van der Waals surface area contributed by atoms with E-state index in [0.717, 1.165) is 0 Å². The van der Waals surface area contributed by atoms with Crippen molar-refractivity contribution in [3.63, 3.8) is 0 Å². The van der Waals surface area contributed by atoms with Crippen molar-refractivity contribution in [2.24, 2.45) is 0 Å². The summed E-state index contributed by atoms with van der Waals surface area (Å²) in [5.41, 5.74) is 5.94. The van der Waals surface area contributed by atoms with Gasteiger partial charge in [-0.25, -0.2) is 9.59 Å². The highest BCUT2D eigenvalue weighted by Gasteiger charge is 2.16. The van der Waals surface area contributed by atoms with Gasteiger partial charge in [0.15, 0.2) is 0 Å². The number of pyridine rings is 1. The number of anilines is 1. The molecule has 7 nitrogen and oxygen atoms in total. The number of alkyl carbamates (subject to hydrolysis) is 1. The van der Waals surface area contributed by atoms with Crippen molar-refractivity contribution >= 4 is 17.7 Å². The van der Waals surface area contributed by atoms with E-state index in [4.69, 9.17) is 15.6 Å². The minimum absolute atomic E-state index is 0.0418. The van der Waals surface area contributed by atoms with Crippen LogP contribution in [0.25, 0.3) is 0 Å². The number of aryl methyl sites for hydroxylation is 1. The Morgan fingerprint density at radius 2 is 2.10 bits per heavy atom. The Morgan fingerprint density at radius 3 is 2.67 bits per heavy atom. The van der Waals surface area contributed by atoms with E-state index in [1.165, 1.54) is 12.3 Å². The standard InChI is InChI=1S/C14H21N3O4/c1-14(2,3)21-13(20)17-7-4-5-10-11(15)9(12(18)19)6-8-16-10/h6,8H,4-5,7,15H2,1-3H3,(H,17,20)(H,18,19). The Balaban J connectivity index is 2.45. The monoisotopic (exact) mass is 295 g/mol. The molecule has 0 bridgehead atoms. The van der Waals surface area contributed by atoms with Crippen LogP contribution in [-0.4, -0.2) is 34.3 Å². The third kappa shape index (κ3) is 5.68. The molecule has 1 amide bonds. The summed E-state index contributed by atoms with van der Waals surface area (Å²) in [5, 5.41) is 11.6. The number of nitrogens with one attached hydrogen (secondary N) is 1. The second kappa shape index (κ2) is 6.92. The van der Waals surface area contributed by atoms with Gasteiger partial charge in [0.1, 0.15) is 5.60 Å². The Morgan fingerprint density at radius 1 is 1.43 bits per heavy atom. The summed E-state index contributed by atoms with van der Waals surface area (Å²) in [7, 11) is 0. The SMILES string of the molecule is CC(C)(C)OC(=O)NCCCc1nccc(C(=O)O)c1N. The van der Waals surface area contributed by atoms with Crippen molar-refractivity contribution in [2.45, 2.75) is 39.2 Å². The van der Waals surface area contributed by atoms with Crippen LogP contribution in [0, 0.1) is 0 Å². The normalized spacial score (nSPS) is 11.0. The van der Waals surface area contributed by atoms with Crippen molar-refractivity contribution < 1.29 is 19.4 Å². The molecule has 21 heavy (non-hydrogen) atoms. The molecule has 116 valence electrons. The number of amides is 1. The van der Waals surface area contributed by atoms with Crippen LogP contribution in [0.15, 0.2) is 12.3 Å². The van der Waals surface area contributed by atoms with E-state index in [-0.39, 0.29) is 11.3 Å². The first kappa shape index (κ1) is 16.7. The third-order valence-electron chi connectivity index (χ3n) is 2.56. The van der Waals surface area contributed by atoms with Crippen molar-refractivity contribution in [3.05, 3.63) is 23.5 Å². The lowest BCUT2D eigenvalue weighted by Crippen LogP contribution is -2.33. The van der Waals surface area contributed by atoms with Gasteiger partial charge in [-0.3, -0.25) is 4.98 Å². The quantitative estimate of drug-likeness (QED) is 0.714. The first-order chi connectivity index (χ1) is 9.70. The summed E-state index contributed by atoms with van der Waals surface area (Å²) in [4.78, 5) is 26.4. The van der Waals surface area contributed by atoms with Crippen LogP contribution in [-0.2, 0) is 11.2 Å². The van der Waals surface area contributed by atoms with E-state index in [1.54, 1.807) is 20.8 Å². The van der Waals surface area contributed by atoms with Gasteiger partial charge >= 0.3 is 12.1 Å². The Labute approximate surface area is 123 Å². The largest absolute Gasteiger partial charge is 0.478 e. The third-order valence-corrected chi connectivity index (χ3v) is 2.56. The average molecular weight is 295 g/mol. The van der Waals surface area contributed by atoms with E-state index in [2.05, 4.69) is 10.3 Å². The maximum atomic E-state index is 11.4. The Hall–Kier alpha value is -2.31. The summed E-state index contributed by atoms with van der Waals surface area (Å²) in [5.74, 6) is -1.08. The molecule has 0 saturated heterocycles. The van der Waals surface area contributed by atoms with Gasteiger partial charge in [0.2, 0.25) is 0 Å². The molecular weight excluding hydrogens is 274 g/mol. The average Bonchev–Trinajstić information content (AvgIpc) is 2.33. The summed E-state index contributed by atoms with van der Waals surface area (Å²) >= 11 is 0. The van der Waals surface area contributed by atoms with Crippen molar-refractivity contribution in [1.29, 1.82) is 0 Å². The molecular formula is C14H21N3O4. The number of nitrogens with zero attached hydrogens (tertiary/aromatic N) is 1. The van der Waals surface area contributed by atoms with Gasteiger partial charge in [-0.15, -0.1) is 0 Å². The number of carbonyl (C=O) groups excluding carboxylic acids is 1. The number of nitrogens with two attached hydrogens (primary N) is 1. The molecule has 0 saturated carbocycles. The summed E-state index contributed by atoms with van der Waals surface area (Å²) < 4.78 is 5.10. The maximum absolute atomic E-state index is 11.4. The molecule has 1 heterocycles. The van der Waals surface area contributed by atoms with Crippen LogP contribution in [0.5, 0.6) is 0 Å². The van der Waals surface area contributed by atoms with Gasteiger partial charge in [-0.2, -0.15) is 0 Å². The number of carboxylic acid groups (broad SMARTS) is 1. The molecule has 0 fully saturated rings. The van der Waals surface area contributed by atoms with Crippen LogP contribution in [0.3, 0.4) is 0 Å². The van der Waals surface area contributed by atoms with E-state index < -0.39 is 17.7 Å². The fourth-order valence-electron chi connectivity index (χ4n) is 1.66. The van der Waals surface area contributed by atoms with E-state index in [1.807, 2.05) is 0 Å². The van der Waals surface area contributed by atoms with Crippen molar-refractivity contribution in [3.8, 4) is 0 Å². The van der Waals surface area contributed by atoms with Crippen LogP contribution in [0.4, 0.5) is 10.5 Å². The van der Waals surface area contributed by atoms with Crippen LogP contribution in [0.2, 0.25) is 0 Å². The topological polar surface area (TPSA) is 115 Å². The van der Waals surface area contributed by atoms with Gasteiger partial charge in [0.05, 0.1) is 16.9 Å². The van der Waals surface area contributed by atoms with Crippen molar-refractivity contribution in [1.82, 2.24) is 10.3 Å². The lowest BCUT2D eigenvalue weighted by Gasteiger charge is -2.19. The highest BCUT2D eigenvalue weighted by atomic mass is 16.6. The highest BCUT2D eigenvalue weighted by Crippen LogP contribution is 2.16. The molecule has 0 aliphatic heterocycles. The molecule has 1 aromatic rings. The molecule has 0 aromatic carbocycles. The zero-order valence-corrected chi connectivity index (χ0v) is 12.5. The summed E-state index contributed by atoms with van der Waals surface area (Å²) in [6.45, 7) is 5.76. The second-order valence-corrected chi connectivity index (χ2v) is 5.56. The van der Waals surface area contributed by atoms with Gasteiger partial charge in [-0.05, 0) is 39.7 Å². The molecule has 4 N–H and O–H groups in total. The molecule has 0 aliphatic carbocycles. The van der Waals surface area contributed by atoms with Gasteiger partial charge in [0.25, 0.3) is 0 Å². The summed E-state index contributed by atoms with van der Waals surface area (Å²) in [6, 6.07) is 1.36. The molecule has 0 unspecified atom stereocenters. The predicted molar refractivity (Wildman–Crippen MR) is 78.2 cm³/mol. The minimum atomic E-state index is -1.08. The minimum Gasteiger partial charge on any atom is -0.478 e. The fourth-order valence-corrected chi connectivity index (χ4v) is 1.66. The number of ether oxygens (including phenoxy) is 1. The smallest absolute Gasteiger partial charge is 0.407 e. The highest BCUT2D eigenvalue weighted by molar-refractivity contribution is 5.93. The van der Waals surface area contributed by atoms with E-state index in [0.29, 0.717) is 25.1 Å². The number of aromatic nitrogens is 1. The zero-order valence-electron chi connectivity index (χ0n) is 12.5. The number of aromatic carboxylic acids is 1. The fraction of sp³-hybridized carbons (Fsp3) is 0.500. The summed E-state index contributed by atoms with van der Waals surface area (Å²) in [6.07, 6.45) is 1.99. The molecule has 0 radical (unpaired) electrons. The van der Waals surface area contributed by atoms with Crippen molar-refractivity contribution in [2.75, 3.05) is 12.3 Å². The molecule has 0 atom stereocenters. The zero-order chi connectivity index (χ0) is 16.0. The number of carbonyl (C=O) groups is 2. The van der Waals surface area contributed by atoms with Gasteiger partial charge in [0, 0.05) is 12.7 Å².